The van der Waals surface area contributed by atoms with Gasteiger partial charge in [0, 0.05) is 24.5 Å². The zero-order valence-electron chi connectivity index (χ0n) is 21.3. The number of rotatable bonds is 11. The summed E-state index contributed by atoms with van der Waals surface area (Å²) in [6.45, 7) is 0.631. The Morgan fingerprint density at radius 3 is 1.95 bits per heavy atom. The maximum absolute atomic E-state index is 13.8. The average Bonchev–Trinajstić information content (AvgIpc) is 2.96. The third-order valence-electron chi connectivity index (χ3n) is 6.36. The summed E-state index contributed by atoms with van der Waals surface area (Å²) in [6, 6.07) is 33.6. The highest BCUT2D eigenvalue weighted by atomic mass is 35.5. The van der Waals surface area contributed by atoms with Gasteiger partial charge in [-0.05, 0) is 46.5 Å². The van der Waals surface area contributed by atoms with E-state index in [0.29, 0.717) is 18.0 Å². The topological polar surface area (TPSA) is 58.6 Å². The van der Waals surface area contributed by atoms with E-state index >= 15 is 0 Å². The van der Waals surface area contributed by atoms with Crippen LogP contribution in [0.5, 0.6) is 5.75 Å². The van der Waals surface area contributed by atoms with Crippen molar-refractivity contribution in [3.8, 4) is 5.75 Å². The van der Waals surface area contributed by atoms with Crippen molar-refractivity contribution in [3.63, 3.8) is 0 Å². The monoisotopic (exact) mass is 526 g/mol. The lowest BCUT2D eigenvalue weighted by molar-refractivity contribution is -0.140. The average molecular weight is 527 g/mol. The Morgan fingerprint density at radius 2 is 1.34 bits per heavy atom. The Kier molecular flexibility index (Phi) is 9.54. The minimum Gasteiger partial charge on any atom is -0.497 e. The van der Waals surface area contributed by atoms with E-state index in [1.165, 1.54) is 0 Å². The van der Waals surface area contributed by atoms with Crippen LogP contribution in [0.2, 0.25) is 5.02 Å². The molecule has 4 aromatic carbocycles. The zero-order valence-corrected chi connectivity index (χ0v) is 22.1. The summed E-state index contributed by atoms with van der Waals surface area (Å²) in [7, 11) is 1.62. The number of methoxy groups -OCH3 is 1. The first kappa shape index (κ1) is 27.0. The third-order valence-corrected chi connectivity index (χ3v) is 6.61. The molecule has 6 heteroatoms. The Labute approximate surface area is 229 Å². The number of nitrogens with one attached hydrogen (secondary N) is 1. The smallest absolute Gasteiger partial charge is 0.243 e. The number of ether oxygens (including phenoxy) is 1. The van der Waals surface area contributed by atoms with Crippen LogP contribution in [-0.2, 0) is 35.5 Å². The Hall–Kier alpha value is -4.09. The van der Waals surface area contributed by atoms with E-state index in [2.05, 4.69) is 5.32 Å². The fourth-order valence-corrected chi connectivity index (χ4v) is 4.39. The van der Waals surface area contributed by atoms with Crippen molar-refractivity contribution < 1.29 is 14.3 Å². The molecule has 0 unspecified atom stereocenters. The predicted molar refractivity (Wildman–Crippen MR) is 151 cm³/mol. The number of hydrogen-bond acceptors (Lipinski definition) is 3. The number of carbonyl (C=O) groups excluding carboxylic acids is 2. The van der Waals surface area contributed by atoms with E-state index < -0.39 is 6.04 Å². The van der Waals surface area contributed by atoms with Crippen LogP contribution in [0, 0.1) is 0 Å². The quantitative estimate of drug-likeness (QED) is 0.267. The van der Waals surface area contributed by atoms with Gasteiger partial charge in [0.15, 0.2) is 0 Å². The van der Waals surface area contributed by atoms with Gasteiger partial charge in [-0.3, -0.25) is 9.59 Å². The highest BCUT2D eigenvalue weighted by Crippen LogP contribution is 2.19. The molecule has 0 aliphatic rings. The molecular formula is C32H31ClN2O3. The Bertz CT molecular complexity index is 1310. The Morgan fingerprint density at radius 1 is 0.763 bits per heavy atom. The predicted octanol–water partition coefficient (Wildman–Crippen LogP) is 5.85. The van der Waals surface area contributed by atoms with Gasteiger partial charge >= 0.3 is 0 Å². The van der Waals surface area contributed by atoms with Crippen molar-refractivity contribution >= 4 is 23.4 Å². The molecule has 38 heavy (non-hydrogen) atoms. The van der Waals surface area contributed by atoms with Gasteiger partial charge in [-0.1, -0.05) is 96.5 Å². The summed E-state index contributed by atoms with van der Waals surface area (Å²) in [5, 5.41) is 3.68. The number of hydrogen-bond donors (Lipinski definition) is 1. The molecule has 0 aromatic heterocycles. The lowest BCUT2D eigenvalue weighted by Crippen LogP contribution is -2.50. The van der Waals surface area contributed by atoms with E-state index in [0.717, 1.165) is 28.0 Å². The van der Waals surface area contributed by atoms with Gasteiger partial charge in [0.2, 0.25) is 11.8 Å². The van der Waals surface area contributed by atoms with Crippen LogP contribution < -0.4 is 10.1 Å². The summed E-state index contributed by atoms with van der Waals surface area (Å²) in [4.78, 5) is 29.2. The molecule has 5 nitrogen and oxygen atoms in total. The molecule has 0 saturated heterocycles. The number of halogens is 1. The van der Waals surface area contributed by atoms with Crippen molar-refractivity contribution in [2.45, 2.75) is 32.0 Å². The second kappa shape index (κ2) is 13.5. The largest absolute Gasteiger partial charge is 0.497 e. The first-order chi connectivity index (χ1) is 18.5. The van der Waals surface area contributed by atoms with E-state index in [4.69, 9.17) is 16.3 Å². The fourth-order valence-electron chi connectivity index (χ4n) is 4.26. The molecular weight excluding hydrogens is 496 g/mol. The maximum Gasteiger partial charge on any atom is 0.243 e. The van der Waals surface area contributed by atoms with Crippen LogP contribution in [0.4, 0.5) is 0 Å². The van der Waals surface area contributed by atoms with Crippen molar-refractivity contribution in [3.05, 3.63) is 136 Å². The first-order valence-electron chi connectivity index (χ1n) is 12.5. The van der Waals surface area contributed by atoms with E-state index in [1.807, 2.05) is 97.1 Å². The molecule has 4 aromatic rings. The molecule has 0 radical (unpaired) electrons. The van der Waals surface area contributed by atoms with Crippen LogP contribution in [0.25, 0.3) is 0 Å². The summed E-state index contributed by atoms with van der Waals surface area (Å²) in [5.41, 5.74) is 3.72. The van der Waals surface area contributed by atoms with Gasteiger partial charge in [-0.15, -0.1) is 0 Å². The molecule has 1 N–H and O–H groups in total. The van der Waals surface area contributed by atoms with Gasteiger partial charge in [-0.2, -0.15) is 0 Å². The number of nitrogens with zero attached hydrogens (tertiary/aromatic N) is 1. The van der Waals surface area contributed by atoms with E-state index in [9.17, 15) is 9.59 Å². The number of amides is 2. The Balaban J connectivity index is 1.62. The highest BCUT2D eigenvalue weighted by Gasteiger charge is 2.30. The van der Waals surface area contributed by atoms with Gasteiger partial charge in [0.1, 0.15) is 11.8 Å². The van der Waals surface area contributed by atoms with Crippen LogP contribution in [0.15, 0.2) is 109 Å². The van der Waals surface area contributed by atoms with Crippen LogP contribution in [0.1, 0.15) is 22.3 Å². The molecule has 0 fully saturated rings. The standard InChI is InChI=1S/C32H31ClN2O3/c1-38-29-18-14-26(15-19-29)22-34-32(37)30(20-24-8-4-2-5-9-24)35(23-27-12-16-28(33)17-13-27)31(36)21-25-10-6-3-7-11-25/h2-19,30H,20-23H2,1H3,(H,34,37)/t30-/m0/s1. The summed E-state index contributed by atoms with van der Waals surface area (Å²) >= 11 is 6.10. The maximum atomic E-state index is 13.8. The molecule has 1 atom stereocenters. The lowest BCUT2D eigenvalue weighted by Gasteiger charge is -2.32. The van der Waals surface area contributed by atoms with Crippen molar-refractivity contribution in [1.82, 2.24) is 10.2 Å². The third kappa shape index (κ3) is 7.70. The molecule has 4 rings (SSSR count). The SMILES string of the molecule is COc1ccc(CNC(=O)[C@H](Cc2ccccc2)N(Cc2ccc(Cl)cc2)C(=O)Cc2ccccc2)cc1. The number of benzene rings is 4. The van der Waals surface area contributed by atoms with Gasteiger partial charge in [0.25, 0.3) is 0 Å². The van der Waals surface area contributed by atoms with Crippen molar-refractivity contribution in [2.75, 3.05) is 7.11 Å². The van der Waals surface area contributed by atoms with Crippen LogP contribution >= 0.6 is 11.6 Å². The molecule has 194 valence electrons. The van der Waals surface area contributed by atoms with Crippen molar-refractivity contribution in [2.24, 2.45) is 0 Å². The zero-order chi connectivity index (χ0) is 26.7. The van der Waals surface area contributed by atoms with Crippen LogP contribution in [0.3, 0.4) is 0 Å². The van der Waals surface area contributed by atoms with Gasteiger partial charge in [-0.25, -0.2) is 0 Å². The summed E-state index contributed by atoms with van der Waals surface area (Å²) < 4.78 is 5.23. The number of carbonyl (C=O) groups is 2. The highest BCUT2D eigenvalue weighted by molar-refractivity contribution is 6.30. The minimum atomic E-state index is -0.706. The van der Waals surface area contributed by atoms with Crippen LogP contribution in [-0.4, -0.2) is 29.9 Å². The molecule has 0 aliphatic carbocycles. The first-order valence-corrected chi connectivity index (χ1v) is 12.9. The molecule has 0 bridgehead atoms. The van der Waals surface area contributed by atoms with E-state index in [-0.39, 0.29) is 24.8 Å². The van der Waals surface area contributed by atoms with Gasteiger partial charge in [0.05, 0.1) is 13.5 Å². The van der Waals surface area contributed by atoms with Crippen molar-refractivity contribution in [1.29, 1.82) is 0 Å². The normalized spacial score (nSPS) is 11.4. The summed E-state index contributed by atoms with van der Waals surface area (Å²) in [6.07, 6.45) is 0.592. The molecule has 2 amide bonds. The minimum absolute atomic E-state index is 0.119. The van der Waals surface area contributed by atoms with E-state index in [1.54, 1.807) is 24.1 Å². The molecule has 0 spiro atoms. The fraction of sp³-hybridized carbons (Fsp3) is 0.188. The molecule has 0 saturated carbocycles. The summed E-state index contributed by atoms with van der Waals surface area (Å²) in [5.74, 6) is 0.425. The lowest BCUT2D eigenvalue weighted by atomic mass is 10.0. The second-order valence-electron chi connectivity index (χ2n) is 9.08. The molecule has 0 heterocycles. The second-order valence-corrected chi connectivity index (χ2v) is 9.52. The van der Waals surface area contributed by atoms with Gasteiger partial charge < -0.3 is 15.0 Å². The molecule has 0 aliphatic heterocycles.